The van der Waals surface area contributed by atoms with Crippen molar-refractivity contribution in [3.63, 3.8) is 0 Å². The number of nitrogens with zero attached hydrogens (tertiary/aromatic N) is 3. The van der Waals surface area contributed by atoms with Crippen LogP contribution in [-0.2, 0) is 9.53 Å². The average molecular weight is 453 g/mol. The molecular weight excluding hydrogens is 437 g/mol. The molecule has 2 aromatic carbocycles. The van der Waals surface area contributed by atoms with Crippen molar-refractivity contribution < 1.29 is 18.8 Å². The molecule has 0 N–H and O–H groups in total. The standard InChI is InChI=1S/C22H16FN3O5S/c1-12-18(21(28)31-2)19(13-7-9-15(23)10-8-13)25-20(27)17(32-22(25)24-12)11-14-5-3-4-6-16(14)26(29)30/h3-11,19H,1-2H3. The molecular formula is C22H16FN3O5S. The summed E-state index contributed by atoms with van der Waals surface area (Å²) in [5, 5.41) is 11.3. The van der Waals surface area contributed by atoms with E-state index in [1.807, 2.05) is 0 Å². The molecule has 3 aromatic rings. The molecule has 1 aromatic heterocycles. The first-order valence-corrected chi connectivity index (χ1v) is 10.2. The number of nitro groups is 1. The Labute approximate surface area is 184 Å². The van der Waals surface area contributed by atoms with E-state index in [1.165, 1.54) is 54.2 Å². The summed E-state index contributed by atoms with van der Waals surface area (Å²) in [5.41, 5.74) is 0.674. The van der Waals surface area contributed by atoms with Crippen LogP contribution in [0.4, 0.5) is 10.1 Å². The molecule has 1 aliphatic heterocycles. The van der Waals surface area contributed by atoms with E-state index in [0.29, 0.717) is 16.1 Å². The molecule has 10 heteroatoms. The van der Waals surface area contributed by atoms with Crippen LogP contribution in [0, 0.1) is 15.9 Å². The Bertz CT molecular complexity index is 1450. The maximum absolute atomic E-state index is 13.5. The highest BCUT2D eigenvalue weighted by atomic mass is 32.1. The SMILES string of the molecule is COC(=O)C1=C(C)N=c2sc(=Cc3ccccc3[N+](=O)[O-])c(=O)n2C1c1ccc(F)cc1. The zero-order chi connectivity index (χ0) is 23.0. The summed E-state index contributed by atoms with van der Waals surface area (Å²) in [6.07, 6.45) is 1.43. The van der Waals surface area contributed by atoms with Crippen LogP contribution < -0.4 is 14.9 Å². The van der Waals surface area contributed by atoms with E-state index in [-0.39, 0.29) is 21.4 Å². The number of hydrogen-bond acceptors (Lipinski definition) is 7. The molecule has 1 unspecified atom stereocenters. The van der Waals surface area contributed by atoms with Crippen molar-refractivity contribution >= 4 is 29.1 Å². The fraction of sp³-hybridized carbons (Fsp3) is 0.136. The fourth-order valence-electron chi connectivity index (χ4n) is 3.57. The minimum Gasteiger partial charge on any atom is -0.466 e. The van der Waals surface area contributed by atoms with Crippen LogP contribution in [0.2, 0.25) is 0 Å². The molecule has 162 valence electrons. The lowest BCUT2D eigenvalue weighted by Crippen LogP contribution is -2.39. The summed E-state index contributed by atoms with van der Waals surface area (Å²) in [6.45, 7) is 1.63. The minimum absolute atomic E-state index is 0.139. The van der Waals surface area contributed by atoms with Gasteiger partial charge < -0.3 is 4.74 Å². The number of rotatable bonds is 4. The van der Waals surface area contributed by atoms with Crippen molar-refractivity contribution in [1.82, 2.24) is 4.57 Å². The minimum atomic E-state index is -0.882. The van der Waals surface area contributed by atoms with E-state index in [0.717, 1.165) is 11.3 Å². The lowest BCUT2D eigenvalue weighted by Gasteiger charge is -2.24. The van der Waals surface area contributed by atoms with Crippen LogP contribution in [0.3, 0.4) is 0 Å². The van der Waals surface area contributed by atoms with Gasteiger partial charge in [-0.25, -0.2) is 14.2 Å². The number of aromatic nitrogens is 1. The maximum atomic E-state index is 13.5. The summed E-state index contributed by atoms with van der Waals surface area (Å²) in [6, 6.07) is 10.6. The number of methoxy groups -OCH3 is 1. The number of fused-ring (bicyclic) bond motifs is 1. The van der Waals surface area contributed by atoms with Gasteiger partial charge in [-0.05, 0) is 36.8 Å². The lowest BCUT2D eigenvalue weighted by molar-refractivity contribution is -0.385. The zero-order valence-corrected chi connectivity index (χ0v) is 17.8. The number of carbonyl (C=O) groups is 1. The number of ether oxygens (including phenoxy) is 1. The van der Waals surface area contributed by atoms with Crippen LogP contribution in [0.25, 0.3) is 6.08 Å². The van der Waals surface area contributed by atoms with Crippen LogP contribution in [0.1, 0.15) is 24.1 Å². The van der Waals surface area contributed by atoms with Gasteiger partial charge in [-0.1, -0.05) is 35.6 Å². The maximum Gasteiger partial charge on any atom is 0.338 e. The third kappa shape index (κ3) is 3.65. The van der Waals surface area contributed by atoms with E-state index >= 15 is 0 Å². The highest BCUT2D eigenvalue weighted by Gasteiger charge is 2.33. The number of carbonyl (C=O) groups excluding carboxylic acids is 1. The normalized spacial score (nSPS) is 15.8. The number of benzene rings is 2. The molecule has 0 bridgehead atoms. The Balaban J connectivity index is 1.99. The van der Waals surface area contributed by atoms with Gasteiger partial charge in [0.2, 0.25) is 0 Å². The monoisotopic (exact) mass is 453 g/mol. The molecule has 8 nitrogen and oxygen atoms in total. The molecule has 4 rings (SSSR count). The Hall–Kier alpha value is -3.92. The Morgan fingerprint density at radius 2 is 1.94 bits per heavy atom. The van der Waals surface area contributed by atoms with Gasteiger partial charge in [0, 0.05) is 6.07 Å². The Morgan fingerprint density at radius 1 is 1.25 bits per heavy atom. The third-order valence-corrected chi connectivity index (χ3v) is 6.02. The molecule has 1 atom stereocenters. The second-order valence-corrected chi connectivity index (χ2v) is 7.95. The number of hydrogen-bond donors (Lipinski definition) is 0. The van der Waals surface area contributed by atoms with Crippen LogP contribution >= 0.6 is 11.3 Å². The smallest absolute Gasteiger partial charge is 0.338 e. The van der Waals surface area contributed by atoms with Gasteiger partial charge in [-0.3, -0.25) is 19.5 Å². The summed E-state index contributed by atoms with van der Waals surface area (Å²) in [5.74, 6) is -1.12. The Morgan fingerprint density at radius 3 is 2.59 bits per heavy atom. The van der Waals surface area contributed by atoms with E-state index < -0.39 is 28.3 Å². The van der Waals surface area contributed by atoms with Crippen molar-refractivity contribution in [1.29, 1.82) is 0 Å². The molecule has 0 aliphatic carbocycles. The average Bonchev–Trinajstić information content (AvgIpc) is 3.07. The van der Waals surface area contributed by atoms with Gasteiger partial charge in [0.1, 0.15) is 5.82 Å². The summed E-state index contributed by atoms with van der Waals surface area (Å²) in [4.78, 5) is 41.5. The first-order chi connectivity index (χ1) is 15.3. The number of halogens is 1. The molecule has 2 heterocycles. The number of allylic oxidation sites excluding steroid dienone is 1. The lowest BCUT2D eigenvalue weighted by atomic mass is 9.96. The van der Waals surface area contributed by atoms with Gasteiger partial charge >= 0.3 is 5.97 Å². The molecule has 0 saturated heterocycles. The summed E-state index contributed by atoms with van der Waals surface area (Å²) < 4.78 is 20.0. The van der Waals surface area contributed by atoms with Gasteiger partial charge in [0.15, 0.2) is 4.80 Å². The molecule has 1 aliphatic rings. The quantitative estimate of drug-likeness (QED) is 0.343. The van der Waals surface area contributed by atoms with Crippen LogP contribution in [0.15, 0.2) is 69.6 Å². The zero-order valence-electron chi connectivity index (χ0n) is 16.9. The van der Waals surface area contributed by atoms with E-state index in [2.05, 4.69) is 4.99 Å². The predicted octanol–water partition coefficient (Wildman–Crippen LogP) is 2.46. The fourth-order valence-corrected chi connectivity index (χ4v) is 4.61. The van der Waals surface area contributed by atoms with Gasteiger partial charge in [0.05, 0.1) is 39.4 Å². The molecule has 0 radical (unpaired) electrons. The topological polar surface area (TPSA) is 104 Å². The number of para-hydroxylation sites is 1. The van der Waals surface area contributed by atoms with Gasteiger partial charge in [-0.2, -0.15) is 0 Å². The second kappa shape index (κ2) is 8.31. The number of nitro benzene ring substituents is 1. The highest BCUT2D eigenvalue weighted by Crippen LogP contribution is 2.30. The van der Waals surface area contributed by atoms with Crippen LogP contribution in [0.5, 0.6) is 0 Å². The van der Waals surface area contributed by atoms with Crippen molar-refractivity contribution in [3.8, 4) is 0 Å². The van der Waals surface area contributed by atoms with Crippen LogP contribution in [-0.4, -0.2) is 22.6 Å². The number of esters is 1. The third-order valence-electron chi connectivity index (χ3n) is 5.03. The highest BCUT2D eigenvalue weighted by molar-refractivity contribution is 7.07. The van der Waals surface area contributed by atoms with Crippen molar-refractivity contribution in [2.45, 2.75) is 13.0 Å². The van der Waals surface area contributed by atoms with Crippen molar-refractivity contribution in [3.05, 3.63) is 107 Å². The van der Waals surface area contributed by atoms with E-state index in [9.17, 15) is 24.1 Å². The Kier molecular flexibility index (Phi) is 5.54. The summed E-state index contributed by atoms with van der Waals surface area (Å²) in [7, 11) is 1.23. The largest absolute Gasteiger partial charge is 0.466 e. The van der Waals surface area contributed by atoms with Crippen molar-refractivity contribution in [2.75, 3.05) is 7.11 Å². The van der Waals surface area contributed by atoms with Gasteiger partial charge in [-0.15, -0.1) is 0 Å². The first-order valence-electron chi connectivity index (χ1n) is 9.41. The second-order valence-electron chi connectivity index (χ2n) is 6.94. The van der Waals surface area contributed by atoms with E-state index in [1.54, 1.807) is 19.1 Å². The van der Waals surface area contributed by atoms with E-state index in [4.69, 9.17) is 4.74 Å². The number of thiazole rings is 1. The summed E-state index contributed by atoms with van der Waals surface area (Å²) >= 11 is 1.05. The molecule has 32 heavy (non-hydrogen) atoms. The molecule has 0 amide bonds. The molecule has 0 fully saturated rings. The predicted molar refractivity (Wildman–Crippen MR) is 115 cm³/mol. The first kappa shape index (κ1) is 21.3. The molecule has 0 saturated carbocycles. The van der Waals surface area contributed by atoms with Gasteiger partial charge in [0.25, 0.3) is 11.2 Å². The van der Waals surface area contributed by atoms with Crippen molar-refractivity contribution in [2.24, 2.45) is 4.99 Å². The molecule has 0 spiro atoms.